The van der Waals surface area contributed by atoms with Crippen molar-refractivity contribution in [3.05, 3.63) is 29.3 Å². The molecule has 1 spiro atoms. The maximum atomic E-state index is 12.2. The van der Waals surface area contributed by atoms with E-state index in [0.717, 1.165) is 24.1 Å². The van der Waals surface area contributed by atoms with E-state index in [1.165, 1.54) is 0 Å². The average molecular weight is 273 g/mol. The molecule has 20 heavy (non-hydrogen) atoms. The van der Waals surface area contributed by atoms with Gasteiger partial charge in [0.05, 0.1) is 11.8 Å². The summed E-state index contributed by atoms with van der Waals surface area (Å²) in [6.45, 7) is 1.61. The van der Waals surface area contributed by atoms with Crippen molar-refractivity contribution in [1.29, 1.82) is 0 Å². The number of aliphatic carboxylic acids is 1. The normalized spacial score (nSPS) is 19.4. The van der Waals surface area contributed by atoms with Crippen LogP contribution in [-0.4, -0.2) is 22.8 Å². The van der Waals surface area contributed by atoms with Crippen LogP contribution in [0.25, 0.3) is 0 Å². The van der Waals surface area contributed by atoms with E-state index in [2.05, 4.69) is 5.32 Å². The van der Waals surface area contributed by atoms with E-state index in [1.54, 1.807) is 25.1 Å². The van der Waals surface area contributed by atoms with E-state index >= 15 is 0 Å². The number of hydrogen-bond acceptors (Lipinski definition) is 3. The number of fused-ring (bicyclic) bond motifs is 2. The lowest BCUT2D eigenvalue weighted by Gasteiger charge is -2.10. The lowest BCUT2D eigenvalue weighted by atomic mass is 9.91. The predicted octanol–water partition coefficient (Wildman–Crippen LogP) is 1.96. The summed E-state index contributed by atoms with van der Waals surface area (Å²) in [5.74, 6) is -1.73. The van der Waals surface area contributed by atoms with Crippen LogP contribution in [0.1, 0.15) is 42.1 Å². The molecule has 0 bridgehead atoms. The third kappa shape index (κ3) is 1.81. The zero-order valence-corrected chi connectivity index (χ0v) is 11.1. The van der Waals surface area contributed by atoms with Crippen LogP contribution in [0, 0.1) is 5.92 Å². The maximum absolute atomic E-state index is 12.2. The largest absolute Gasteiger partial charge is 0.481 e. The van der Waals surface area contributed by atoms with Gasteiger partial charge in [0.2, 0.25) is 5.91 Å². The number of rotatable bonds is 4. The monoisotopic (exact) mass is 273 g/mol. The van der Waals surface area contributed by atoms with Crippen molar-refractivity contribution >= 4 is 23.3 Å². The van der Waals surface area contributed by atoms with Crippen LogP contribution >= 0.6 is 0 Å². The molecule has 104 valence electrons. The molecule has 1 heterocycles. The second-order valence-corrected chi connectivity index (χ2v) is 5.66. The molecule has 3 rings (SSSR count). The van der Waals surface area contributed by atoms with E-state index in [9.17, 15) is 14.4 Å². The number of carboxylic acids is 1. The van der Waals surface area contributed by atoms with E-state index in [-0.39, 0.29) is 18.1 Å². The Morgan fingerprint density at radius 3 is 2.70 bits per heavy atom. The number of nitrogens with one attached hydrogen (secondary N) is 1. The molecular formula is C15H15NO4. The highest BCUT2D eigenvalue weighted by Gasteiger charge is 2.56. The van der Waals surface area contributed by atoms with Gasteiger partial charge in [0.15, 0.2) is 5.78 Å². The van der Waals surface area contributed by atoms with E-state index in [0.29, 0.717) is 5.56 Å². The highest BCUT2D eigenvalue weighted by Crippen LogP contribution is 2.55. The zero-order chi connectivity index (χ0) is 14.5. The number of carboxylic acid groups (broad SMARTS) is 1. The molecule has 0 aromatic heterocycles. The van der Waals surface area contributed by atoms with Gasteiger partial charge in [-0.2, -0.15) is 0 Å². The molecule has 5 heteroatoms. The van der Waals surface area contributed by atoms with Crippen molar-refractivity contribution in [1.82, 2.24) is 0 Å². The predicted molar refractivity (Wildman–Crippen MR) is 71.7 cm³/mol. The molecule has 1 aliphatic carbocycles. The molecule has 0 saturated heterocycles. The Hall–Kier alpha value is -2.17. The summed E-state index contributed by atoms with van der Waals surface area (Å²) >= 11 is 0. The summed E-state index contributed by atoms with van der Waals surface area (Å²) in [6.07, 6.45) is 1.44. The Morgan fingerprint density at radius 2 is 2.10 bits per heavy atom. The molecule has 1 aliphatic heterocycles. The highest BCUT2D eigenvalue weighted by atomic mass is 16.4. The van der Waals surface area contributed by atoms with E-state index < -0.39 is 17.3 Å². The minimum atomic E-state index is -0.984. The van der Waals surface area contributed by atoms with E-state index in [1.807, 2.05) is 0 Å². The Morgan fingerprint density at radius 1 is 1.40 bits per heavy atom. The molecule has 2 N–H and O–H groups in total. The number of benzene rings is 1. The Balaban J connectivity index is 1.91. The second-order valence-electron chi connectivity index (χ2n) is 5.66. The molecule has 2 aliphatic rings. The molecule has 1 unspecified atom stereocenters. The third-order valence-corrected chi connectivity index (χ3v) is 4.18. The zero-order valence-electron chi connectivity index (χ0n) is 11.1. The van der Waals surface area contributed by atoms with Gasteiger partial charge in [0, 0.05) is 17.2 Å². The first-order chi connectivity index (χ1) is 9.44. The van der Waals surface area contributed by atoms with E-state index in [4.69, 9.17) is 5.11 Å². The SMILES string of the molecule is CC(CC(=O)O)C(=O)c1ccc2c(c1)C1(CC1)C(=O)N2. The van der Waals surface area contributed by atoms with Crippen LogP contribution in [0.15, 0.2) is 18.2 Å². The van der Waals surface area contributed by atoms with Crippen LogP contribution in [-0.2, 0) is 15.0 Å². The lowest BCUT2D eigenvalue weighted by Crippen LogP contribution is -2.19. The van der Waals surface area contributed by atoms with Crippen molar-refractivity contribution in [3.63, 3.8) is 0 Å². The van der Waals surface area contributed by atoms with Gasteiger partial charge in [-0.15, -0.1) is 0 Å². The van der Waals surface area contributed by atoms with Gasteiger partial charge < -0.3 is 10.4 Å². The fraction of sp³-hybridized carbons (Fsp3) is 0.400. The van der Waals surface area contributed by atoms with Gasteiger partial charge >= 0.3 is 5.97 Å². The van der Waals surface area contributed by atoms with Crippen molar-refractivity contribution in [2.45, 2.75) is 31.6 Å². The summed E-state index contributed by atoms with van der Waals surface area (Å²) in [4.78, 5) is 34.8. The second kappa shape index (κ2) is 4.16. The highest BCUT2D eigenvalue weighted by molar-refractivity contribution is 6.09. The molecule has 1 aromatic carbocycles. The fourth-order valence-corrected chi connectivity index (χ4v) is 2.83. The first-order valence-electron chi connectivity index (χ1n) is 6.66. The standard InChI is InChI=1S/C15H15NO4/c1-8(6-12(17)18)13(19)9-2-3-11-10(7-9)15(4-5-15)14(20)16-11/h2-3,7-8H,4-6H2,1H3,(H,16,20)(H,17,18). The van der Waals surface area contributed by atoms with Crippen molar-refractivity contribution in [3.8, 4) is 0 Å². The van der Waals surface area contributed by atoms with Crippen LogP contribution in [0.5, 0.6) is 0 Å². The smallest absolute Gasteiger partial charge is 0.304 e. The molecule has 1 fully saturated rings. The molecular weight excluding hydrogens is 258 g/mol. The molecule has 1 saturated carbocycles. The maximum Gasteiger partial charge on any atom is 0.304 e. The van der Waals surface area contributed by atoms with Gasteiger partial charge in [-0.05, 0) is 36.6 Å². The summed E-state index contributed by atoms with van der Waals surface area (Å²) in [5.41, 5.74) is 1.72. The average Bonchev–Trinajstić information content (AvgIpc) is 3.13. The minimum absolute atomic E-state index is 0.00989. The van der Waals surface area contributed by atoms with Gasteiger partial charge in [-0.3, -0.25) is 14.4 Å². The summed E-state index contributed by atoms with van der Waals surface area (Å²) in [5, 5.41) is 11.6. The summed E-state index contributed by atoms with van der Waals surface area (Å²) in [6, 6.07) is 5.14. The van der Waals surface area contributed by atoms with Crippen LogP contribution in [0.4, 0.5) is 5.69 Å². The molecule has 1 atom stereocenters. The first-order valence-corrected chi connectivity index (χ1v) is 6.66. The van der Waals surface area contributed by atoms with Crippen molar-refractivity contribution < 1.29 is 19.5 Å². The fourth-order valence-electron chi connectivity index (χ4n) is 2.83. The summed E-state index contributed by atoms with van der Waals surface area (Å²) < 4.78 is 0. The van der Waals surface area contributed by atoms with Gasteiger partial charge in [-0.1, -0.05) is 6.92 Å². The Kier molecular flexibility index (Phi) is 2.67. The van der Waals surface area contributed by atoms with Gasteiger partial charge in [0.1, 0.15) is 0 Å². The van der Waals surface area contributed by atoms with Crippen molar-refractivity contribution in [2.75, 3.05) is 5.32 Å². The molecule has 1 aromatic rings. The number of carbonyl (C=O) groups is 3. The minimum Gasteiger partial charge on any atom is -0.481 e. The summed E-state index contributed by atoms with van der Waals surface area (Å²) in [7, 11) is 0. The van der Waals surface area contributed by atoms with Gasteiger partial charge in [0.25, 0.3) is 0 Å². The topological polar surface area (TPSA) is 83.5 Å². The van der Waals surface area contributed by atoms with Crippen LogP contribution in [0.3, 0.4) is 0 Å². The Labute approximate surface area is 116 Å². The third-order valence-electron chi connectivity index (χ3n) is 4.18. The molecule has 5 nitrogen and oxygen atoms in total. The number of anilines is 1. The van der Waals surface area contributed by atoms with Gasteiger partial charge in [-0.25, -0.2) is 0 Å². The lowest BCUT2D eigenvalue weighted by molar-refractivity contribution is -0.137. The number of ketones is 1. The quantitative estimate of drug-likeness (QED) is 0.821. The number of carbonyl (C=O) groups excluding carboxylic acids is 2. The number of Topliss-reactive ketones (excluding diaryl/α,β-unsaturated/α-hetero) is 1. The number of hydrogen-bond donors (Lipinski definition) is 2. The molecule has 1 amide bonds. The number of amides is 1. The Bertz CT molecular complexity index is 631. The van der Waals surface area contributed by atoms with Crippen LogP contribution < -0.4 is 5.32 Å². The van der Waals surface area contributed by atoms with Crippen LogP contribution in [0.2, 0.25) is 0 Å². The first kappa shape index (κ1) is 12.8. The van der Waals surface area contributed by atoms with Crippen molar-refractivity contribution in [2.24, 2.45) is 5.92 Å². The molecule has 0 radical (unpaired) electrons.